The molecule has 2 aliphatic heterocycles. The van der Waals surface area contributed by atoms with Gasteiger partial charge in [0.2, 0.25) is 0 Å². The number of ketones is 1. The lowest BCUT2D eigenvalue weighted by Crippen LogP contribution is -2.53. The van der Waals surface area contributed by atoms with Gasteiger partial charge in [-0.05, 0) is 19.1 Å². The van der Waals surface area contributed by atoms with Crippen molar-refractivity contribution in [1.29, 1.82) is 0 Å². The number of carbonyl (C=O) groups is 1. The minimum Gasteiger partial charge on any atom is -0.358 e. The van der Waals surface area contributed by atoms with E-state index in [1.54, 1.807) is 24.3 Å². The van der Waals surface area contributed by atoms with E-state index in [0.29, 0.717) is 55.3 Å². The van der Waals surface area contributed by atoms with Crippen LogP contribution < -0.4 is 0 Å². The fourth-order valence-corrected chi connectivity index (χ4v) is 5.77. The van der Waals surface area contributed by atoms with E-state index in [1.165, 1.54) is 6.92 Å². The van der Waals surface area contributed by atoms with Gasteiger partial charge in [-0.2, -0.15) is 4.31 Å². The average Bonchev–Trinajstić information content (AvgIpc) is 3.04. The van der Waals surface area contributed by atoms with E-state index >= 15 is 0 Å². The minimum atomic E-state index is -1.26. The number of piperidine rings is 1. The van der Waals surface area contributed by atoms with Gasteiger partial charge in [0.1, 0.15) is 16.7 Å². The summed E-state index contributed by atoms with van der Waals surface area (Å²) < 4.78 is 34.9. The SMILES string of the molecule is CCS(=O)N1CCOC12CCN(S(=O)c1ccc(C(C)=O)cc1)CC2. The van der Waals surface area contributed by atoms with Crippen molar-refractivity contribution in [2.24, 2.45) is 0 Å². The number of nitrogens with zero attached hydrogens (tertiary/aromatic N) is 2. The summed E-state index contributed by atoms with van der Waals surface area (Å²) >= 11 is 0. The maximum atomic E-state index is 12.8. The summed E-state index contributed by atoms with van der Waals surface area (Å²) in [5, 5.41) is 0. The zero-order valence-electron chi connectivity index (χ0n) is 14.6. The summed E-state index contributed by atoms with van der Waals surface area (Å²) in [6.07, 6.45) is 1.38. The molecule has 1 aromatic rings. The predicted octanol–water partition coefficient (Wildman–Crippen LogP) is 1.72. The molecule has 2 aliphatic rings. The monoisotopic (exact) mass is 384 g/mol. The van der Waals surface area contributed by atoms with Crippen molar-refractivity contribution in [3.63, 3.8) is 0 Å². The second-order valence-electron chi connectivity index (χ2n) is 6.27. The lowest BCUT2D eigenvalue weighted by Gasteiger charge is -2.42. The molecule has 138 valence electrons. The molecule has 2 fully saturated rings. The molecule has 0 bridgehead atoms. The van der Waals surface area contributed by atoms with Gasteiger partial charge in [0.25, 0.3) is 0 Å². The Morgan fingerprint density at radius 2 is 1.80 bits per heavy atom. The first-order valence-corrected chi connectivity index (χ1v) is 10.9. The van der Waals surface area contributed by atoms with Gasteiger partial charge in [-0.25, -0.2) is 12.7 Å². The van der Waals surface area contributed by atoms with Crippen LogP contribution in [0.5, 0.6) is 0 Å². The second-order valence-corrected chi connectivity index (χ2v) is 9.41. The molecule has 0 aliphatic carbocycles. The molecule has 0 N–H and O–H groups in total. The zero-order chi connectivity index (χ0) is 18.0. The Labute approximate surface area is 153 Å². The fourth-order valence-electron chi connectivity index (χ4n) is 3.39. The Morgan fingerprint density at radius 1 is 1.16 bits per heavy atom. The number of ether oxygens (including phenoxy) is 1. The van der Waals surface area contributed by atoms with E-state index in [2.05, 4.69) is 0 Å². The first-order chi connectivity index (χ1) is 12.0. The van der Waals surface area contributed by atoms with E-state index in [9.17, 15) is 13.2 Å². The van der Waals surface area contributed by atoms with Crippen LogP contribution in [0.1, 0.15) is 37.0 Å². The summed E-state index contributed by atoms with van der Waals surface area (Å²) in [5.41, 5.74) is 0.149. The summed E-state index contributed by atoms with van der Waals surface area (Å²) in [6, 6.07) is 6.93. The summed E-state index contributed by atoms with van der Waals surface area (Å²) in [6.45, 7) is 5.97. The quantitative estimate of drug-likeness (QED) is 0.725. The Morgan fingerprint density at radius 3 is 2.36 bits per heavy atom. The third kappa shape index (κ3) is 3.78. The van der Waals surface area contributed by atoms with Crippen molar-refractivity contribution >= 4 is 27.8 Å². The first kappa shape index (κ1) is 18.8. The van der Waals surface area contributed by atoms with Crippen LogP contribution in [-0.4, -0.2) is 60.5 Å². The molecule has 0 saturated carbocycles. The number of hydrogen-bond acceptors (Lipinski definition) is 4. The van der Waals surface area contributed by atoms with Gasteiger partial charge in [0.05, 0.1) is 22.5 Å². The van der Waals surface area contributed by atoms with Crippen molar-refractivity contribution in [3.05, 3.63) is 29.8 Å². The van der Waals surface area contributed by atoms with Crippen LogP contribution in [0, 0.1) is 0 Å². The maximum Gasteiger partial charge on any atom is 0.159 e. The van der Waals surface area contributed by atoms with Crippen LogP contribution in [0.15, 0.2) is 29.2 Å². The third-order valence-electron chi connectivity index (χ3n) is 4.81. The van der Waals surface area contributed by atoms with Crippen molar-refractivity contribution in [2.45, 2.75) is 37.3 Å². The van der Waals surface area contributed by atoms with E-state index in [0.717, 1.165) is 0 Å². The summed E-state index contributed by atoms with van der Waals surface area (Å²) in [7, 11) is -2.28. The normalized spacial score (nSPS) is 23.6. The van der Waals surface area contributed by atoms with Crippen LogP contribution in [0.2, 0.25) is 0 Å². The largest absolute Gasteiger partial charge is 0.358 e. The molecule has 0 amide bonds. The average molecular weight is 385 g/mol. The highest BCUT2D eigenvalue weighted by Gasteiger charge is 2.47. The van der Waals surface area contributed by atoms with Crippen molar-refractivity contribution < 1.29 is 17.9 Å². The molecular formula is C17H24N2O4S2. The van der Waals surface area contributed by atoms with E-state index in [1.807, 2.05) is 15.5 Å². The van der Waals surface area contributed by atoms with E-state index in [4.69, 9.17) is 4.74 Å². The van der Waals surface area contributed by atoms with Gasteiger partial charge in [0, 0.05) is 43.8 Å². The molecule has 2 unspecified atom stereocenters. The van der Waals surface area contributed by atoms with Gasteiger partial charge in [-0.3, -0.25) is 4.79 Å². The molecule has 0 aromatic heterocycles. The smallest absolute Gasteiger partial charge is 0.159 e. The lowest BCUT2D eigenvalue weighted by molar-refractivity contribution is -0.0787. The van der Waals surface area contributed by atoms with Gasteiger partial charge >= 0.3 is 0 Å². The van der Waals surface area contributed by atoms with E-state index in [-0.39, 0.29) is 5.78 Å². The first-order valence-electron chi connectivity index (χ1n) is 8.55. The van der Waals surface area contributed by atoms with Crippen LogP contribution in [-0.2, 0) is 26.7 Å². The van der Waals surface area contributed by atoms with Gasteiger partial charge in [-0.1, -0.05) is 19.1 Å². The molecule has 6 nitrogen and oxygen atoms in total. The molecular weight excluding hydrogens is 360 g/mol. The van der Waals surface area contributed by atoms with Crippen molar-refractivity contribution in [2.75, 3.05) is 32.0 Å². The Kier molecular flexibility index (Phi) is 5.85. The van der Waals surface area contributed by atoms with Crippen LogP contribution >= 0.6 is 0 Å². The van der Waals surface area contributed by atoms with Crippen molar-refractivity contribution in [1.82, 2.24) is 8.61 Å². The molecule has 8 heteroatoms. The molecule has 1 spiro atoms. The van der Waals surface area contributed by atoms with Gasteiger partial charge in [0.15, 0.2) is 5.78 Å². The highest BCUT2D eigenvalue weighted by atomic mass is 32.2. The molecule has 2 heterocycles. The van der Waals surface area contributed by atoms with E-state index < -0.39 is 27.7 Å². The number of Topliss-reactive ketones (excluding diaryl/α,β-unsaturated/α-hetero) is 1. The Hall–Kier alpha value is -0.930. The van der Waals surface area contributed by atoms with Crippen LogP contribution in [0.25, 0.3) is 0 Å². The Bertz CT molecular complexity index is 684. The highest BCUT2D eigenvalue weighted by Crippen LogP contribution is 2.36. The maximum absolute atomic E-state index is 12.8. The highest BCUT2D eigenvalue weighted by molar-refractivity contribution is 7.83. The Balaban J connectivity index is 1.66. The standard InChI is InChI=1S/C17H24N2O4S2/c1-3-24(21)19-12-13-23-17(19)8-10-18(11-9-17)25(22)16-6-4-15(5-7-16)14(2)20/h4-7H,3,8-13H2,1-2H3. The van der Waals surface area contributed by atoms with Gasteiger partial charge < -0.3 is 4.74 Å². The topological polar surface area (TPSA) is 66.9 Å². The van der Waals surface area contributed by atoms with Crippen molar-refractivity contribution in [3.8, 4) is 0 Å². The third-order valence-corrected chi connectivity index (χ3v) is 7.82. The summed E-state index contributed by atoms with van der Waals surface area (Å²) in [5.74, 6) is 0.586. The molecule has 1 aromatic carbocycles. The minimum absolute atomic E-state index is 0.000329. The lowest BCUT2D eigenvalue weighted by atomic mass is 10.0. The molecule has 2 saturated heterocycles. The second kappa shape index (κ2) is 7.75. The summed E-state index contributed by atoms with van der Waals surface area (Å²) in [4.78, 5) is 12.0. The molecule has 3 rings (SSSR count). The number of hydrogen-bond donors (Lipinski definition) is 0. The molecule has 25 heavy (non-hydrogen) atoms. The van der Waals surface area contributed by atoms with Crippen LogP contribution in [0.3, 0.4) is 0 Å². The number of carbonyl (C=O) groups excluding carboxylic acids is 1. The molecule has 0 radical (unpaired) electrons. The number of rotatable bonds is 5. The zero-order valence-corrected chi connectivity index (χ0v) is 16.2. The fraction of sp³-hybridized carbons (Fsp3) is 0.588. The molecule has 2 atom stereocenters. The number of benzene rings is 1. The van der Waals surface area contributed by atoms with Gasteiger partial charge in [-0.15, -0.1) is 0 Å². The van der Waals surface area contributed by atoms with Crippen LogP contribution in [0.4, 0.5) is 0 Å². The predicted molar refractivity (Wildman–Crippen MR) is 97.7 cm³/mol.